The first-order valence-electron chi connectivity index (χ1n) is 20.0. The van der Waals surface area contributed by atoms with Crippen LogP contribution in [0.1, 0.15) is 213 Å². The van der Waals surface area contributed by atoms with Gasteiger partial charge < -0.3 is 15.3 Å². The second-order valence-corrected chi connectivity index (χ2v) is 13.1. The molecule has 0 aromatic heterocycles. The van der Waals surface area contributed by atoms with Crippen LogP contribution in [0, 0.1) is 0 Å². The van der Waals surface area contributed by atoms with Crippen molar-refractivity contribution in [3.05, 3.63) is 36.5 Å². The van der Waals surface area contributed by atoms with Gasteiger partial charge in [-0.3, -0.25) is 0 Å². The largest absolute Gasteiger partial charge is 0.478 e. The maximum Gasteiger partial charge on any atom is 0.327 e. The topological polar surface area (TPSA) is 112 Å². The molecule has 0 saturated heterocycles. The molecule has 7 heteroatoms. The molecule has 0 aromatic carbocycles. The Labute approximate surface area is 321 Å². The molecular weight excluding hydrogens is 645 g/mol. The minimum Gasteiger partial charge on any atom is -0.478 e. The maximum atomic E-state index is 10.2. The number of carbonyl (C=O) groups is 3. The molecule has 0 atom stereocenters. The second kappa shape index (κ2) is 50.9. The third-order valence-corrected chi connectivity index (χ3v) is 8.20. The van der Waals surface area contributed by atoms with Crippen LogP contribution in [-0.4, -0.2) is 33.2 Å². The molecule has 0 aliphatic heterocycles. The van der Waals surface area contributed by atoms with Crippen molar-refractivity contribution >= 4 is 17.9 Å². The Balaban J connectivity index is -0.000000307. The molecule has 0 aliphatic carbocycles. The first-order chi connectivity index (χ1) is 23.3. The van der Waals surface area contributed by atoms with Crippen molar-refractivity contribution in [2.75, 3.05) is 0 Å². The van der Waals surface area contributed by atoms with E-state index in [9.17, 15) is 14.4 Å². The summed E-state index contributed by atoms with van der Waals surface area (Å²) in [5.74, 6) is -2.51. The summed E-state index contributed by atoms with van der Waals surface area (Å²) < 4.78 is 0. The molecule has 0 unspecified atom stereocenters. The molecule has 0 fully saturated rings. The zero-order valence-electron chi connectivity index (χ0n) is 32.3. The predicted octanol–water partition coefficient (Wildman–Crippen LogP) is 13.6. The third kappa shape index (κ3) is 65.5. The van der Waals surface area contributed by atoms with Gasteiger partial charge in [0.05, 0.1) is 0 Å². The van der Waals surface area contributed by atoms with E-state index < -0.39 is 17.9 Å². The SMILES string of the molecule is CCCCCCCCCCCC=CC(=O)O.CCCCCCCCCCCC=CC(=O)O.CCCCCCCCCCCC=CC(=O)O.[Sc]. The zero-order chi connectivity index (χ0) is 36.2. The van der Waals surface area contributed by atoms with Crippen LogP contribution in [0.3, 0.4) is 0 Å². The van der Waals surface area contributed by atoms with Crippen molar-refractivity contribution in [1.29, 1.82) is 0 Å². The first kappa shape index (κ1) is 54.3. The van der Waals surface area contributed by atoms with Crippen molar-refractivity contribution in [3.8, 4) is 0 Å². The maximum absolute atomic E-state index is 10.2. The van der Waals surface area contributed by atoms with Gasteiger partial charge >= 0.3 is 17.9 Å². The van der Waals surface area contributed by atoms with Crippen LogP contribution in [0.15, 0.2) is 36.5 Å². The standard InChI is InChI=1S/3C14H26O2.Sc/c3*1-2-3-4-5-6-7-8-9-10-11-12-13-14(15)16;/h3*12-13H,2-11H2,1H3,(H,15,16);. The van der Waals surface area contributed by atoms with Crippen molar-refractivity contribution in [1.82, 2.24) is 0 Å². The Morgan fingerprint density at radius 1 is 0.327 bits per heavy atom. The first-order valence-corrected chi connectivity index (χ1v) is 20.0. The van der Waals surface area contributed by atoms with Gasteiger partial charge in [-0.15, -0.1) is 0 Å². The van der Waals surface area contributed by atoms with E-state index in [1.54, 1.807) is 18.2 Å². The number of unbranched alkanes of at least 4 members (excludes halogenated alkanes) is 27. The minimum absolute atomic E-state index is 0. The number of allylic oxidation sites excluding steroid dienone is 3. The van der Waals surface area contributed by atoms with Crippen LogP contribution in [0.4, 0.5) is 0 Å². The van der Waals surface area contributed by atoms with E-state index in [4.69, 9.17) is 15.3 Å². The van der Waals surface area contributed by atoms with Crippen LogP contribution >= 0.6 is 0 Å². The van der Waals surface area contributed by atoms with E-state index in [0.29, 0.717) is 0 Å². The van der Waals surface area contributed by atoms with E-state index in [1.165, 1.54) is 172 Å². The molecule has 0 saturated carbocycles. The Hall–Kier alpha value is -1.50. The average Bonchev–Trinajstić information content (AvgIpc) is 3.05. The number of carboxylic acid groups (broad SMARTS) is 3. The molecule has 3 N–H and O–H groups in total. The Morgan fingerprint density at radius 3 is 0.653 bits per heavy atom. The van der Waals surface area contributed by atoms with Gasteiger partial charge in [-0.25, -0.2) is 14.4 Å². The van der Waals surface area contributed by atoms with E-state index in [1.807, 2.05) is 0 Å². The molecule has 0 bridgehead atoms. The van der Waals surface area contributed by atoms with E-state index >= 15 is 0 Å². The smallest absolute Gasteiger partial charge is 0.327 e. The van der Waals surface area contributed by atoms with Crippen molar-refractivity contribution in [2.45, 2.75) is 213 Å². The van der Waals surface area contributed by atoms with Crippen LogP contribution in [-0.2, 0) is 40.2 Å². The summed E-state index contributed by atoms with van der Waals surface area (Å²) in [4.78, 5) is 30.5. The summed E-state index contributed by atoms with van der Waals surface area (Å²) in [5.41, 5.74) is 0. The van der Waals surface area contributed by atoms with Crippen molar-refractivity contribution < 1.29 is 55.5 Å². The number of hydrogen-bond donors (Lipinski definition) is 3. The molecule has 0 aliphatic rings. The van der Waals surface area contributed by atoms with Crippen LogP contribution < -0.4 is 0 Å². The Kier molecular flexibility index (Phi) is 56.4. The number of carboxylic acids is 3. The summed E-state index contributed by atoms with van der Waals surface area (Å²) in [5, 5.41) is 25.1. The molecule has 1 radical (unpaired) electrons. The number of hydrogen-bond acceptors (Lipinski definition) is 3. The fourth-order valence-electron chi connectivity index (χ4n) is 5.27. The summed E-state index contributed by atoms with van der Waals surface area (Å²) >= 11 is 0. The zero-order valence-corrected chi connectivity index (χ0v) is 34.1. The summed E-state index contributed by atoms with van der Waals surface area (Å²) in [6.45, 7) is 6.72. The van der Waals surface area contributed by atoms with Gasteiger partial charge in [0.15, 0.2) is 0 Å². The van der Waals surface area contributed by atoms with Crippen molar-refractivity contribution in [2.24, 2.45) is 0 Å². The van der Waals surface area contributed by atoms with E-state index in [0.717, 1.165) is 38.5 Å². The fraction of sp³-hybridized carbons (Fsp3) is 0.786. The van der Waals surface area contributed by atoms with Gasteiger partial charge in [0, 0.05) is 44.1 Å². The molecule has 0 spiro atoms. The van der Waals surface area contributed by atoms with Crippen molar-refractivity contribution in [3.63, 3.8) is 0 Å². The molecule has 0 amide bonds. The average molecular weight is 724 g/mol. The monoisotopic (exact) mass is 724 g/mol. The van der Waals surface area contributed by atoms with Gasteiger partial charge in [-0.1, -0.05) is 193 Å². The number of rotatable bonds is 33. The summed E-state index contributed by atoms with van der Waals surface area (Å²) in [6, 6.07) is 0. The van der Waals surface area contributed by atoms with Gasteiger partial charge in [-0.2, -0.15) is 0 Å². The summed E-state index contributed by atoms with van der Waals surface area (Å²) in [6.07, 6.45) is 47.2. The van der Waals surface area contributed by atoms with Crippen LogP contribution in [0.5, 0.6) is 0 Å². The Morgan fingerprint density at radius 2 is 0.490 bits per heavy atom. The molecule has 0 heterocycles. The molecule has 49 heavy (non-hydrogen) atoms. The van der Waals surface area contributed by atoms with E-state index in [2.05, 4.69) is 20.8 Å². The second-order valence-electron chi connectivity index (χ2n) is 13.1. The predicted molar refractivity (Wildman–Crippen MR) is 206 cm³/mol. The van der Waals surface area contributed by atoms with Gasteiger partial charge in [-0.05, 0) is 38.5 Å². The number of aliphatic carboxylic acids is 3. The fourth-order valence-corrected chi connectivity index (χ4v) is 5.27. The normalized spacial score (nSPS) is 10.8. The molecule has 0 rings (SSSR count). The van der Waals surface area contributed by atoms with Gasteiger partial charge in [0.1, 0.15) is 0 Å². The van der Waals surface area contributed by atoms with Crippen LogP contribution in [0.2, 0.25) is 0 Å². The minimum atomic E-state index is -0.837. The van der Waals surface area contributed by atoms with Gasteiger partial charge in [0.2, 0.25) is 0 Å². The molecule has 285 valence electrons. The van der Waals surface area contributed by atoms with Gasteiger partial charge in [0.25, 0.3) is 0 Å². The third-order valence-electron chi connectivity index (χ3n) is 8.20. The quantitative estimate of drug-likeness (QED) is 0.0459. The molecular formula is C42H78O6Sc. The Bertz CT molecular complexity index is 662. The molecule has 6 nitrogen and oxygen atoms in total. The van der Waals surface area contributed by atoms with E-state index in [-0.39, 0.29) is 25.8 Å². The summed E-state index contributed by atoms with van der Waals surface area (Å²) in [7, 11) is 0. The van der Waals surface area contributed by atoms with Crippen LogP contribution in [0.25, 0.3) is 0 Å². The molecule has 0 aromatic rings.